The summed E-state index contributed by atoms with van der Waals surface area (Å²) in [4.78, 5) is 11.0. The topological polar surface area (TPSA) is 65.0 Å². The van der Waals surface area contributed by atoms with Gasteiger partial charge in [0.05, 0.1) is 0 Å². The molecule has 0 heterocycles. The Hall–Kier alpha value is -2.60. The molecular formula is C18H19FO5. The summed E-state index contributed by atoms with van der Waals surface area (Å²) in [5.74, 6) is -0.313. The third-order valence-electron chi connectivity index (χ3n) is 3.30. The highest BCUT2D eigenvalue weighted by molar-refractivity contribution is 5.72. The largest absolute Gasteiger partial charge is 0.490 e. The predicted molar refractivity (Wildman–Crippen MR) is 86.0 cm³/mol. The Morgan fingerprint density at radius 2 is 1.71 bits per heavy atom. The second kappa shape index (κ2) is 8.88. The molecule has 0 radical (unpaired) electrons. The maximum absolute atomic E-state index is 13.0. The van der Waals surface area contributed by atoms with Crippen molar-refractivity contribution in [2.24, 2.45) is 0 Å². The molecule has 0 bridgehead atoms. The van der Waals surface area contributed by atoms with Crippen LogP contribution in [0.25, 0.3) is 0 Å². The van der Waals surface area contributed by atoms with Gasteiger partial charge in [-0.15, -0.1) is 0 Å². The highest BCUT2D eigenvalue weighted by Gasteiger charge is 2.16. The fourth-order valence-corrected chi connectivity index (χ4v) is 2.12. The highest BCUT2D eigenvalue weighted by Crippen LogP contribution is 2.16. The minimum atomic E-state index is -1.01. The van der Waals surface area contributed by atoms with Crippen molar-refractivity contribution in [1.29, 1.82) is 0 Å². The van der Waals surface area contributed by atoms with E-state index >= 15 is 0 Å². The molecule has 0 spiro atoms. The number of rotatable bonds is 9. The SMILES string of the molecule is CO[C@@H](Cc1cccc(OCCOc2cccc(F)c2)c1)C(=O)O. The summed E-state index contributed by atoms with van der Waals surface area (Å²) in [7, 11) is 1.36. The Morgan fingerprint density at radius 1 is 1.08 bits per heavy atom. The second-order valence-electron chi connectivity index (χ2n) is 5.07. The molecule has 0 fully saturated rings. The lowest BCUT2D eigenvalue weighted by atomic mass is 10.1. The number of carbonyl (C=O) groups is 1. The van der Waals surface area contributed by atoms with Crippen LogP contribution in [0.4, 0.5) is 4.39 Å². The summed E-state index contributed by atoms with van der Waals surface area (Å²) in [6.07, 6.45) is -0.639. The van der Waals surface area contributed by atoms with Crippen molar-refractivity contribution in [3.8, 4) is 11.5 Å². The molecule has 24 heavy (non-hydrogen) atoms. The number of ether oxygens (including phenoxy) is 3. The molecular weight excluding hydrogens is 315 g/mol. The monoisotopic (exact) mass is 334 g/mol. The van der Waals surface area contributed by atoms with Gasteiger partial charge in [-0.2, -0.15) is 0 Å². The van der Waals surface area contributed by atoms with Gasteiger partial charge in [0, 0.05) is 19.6 Å². The van der Waals surface area contributed by atoms with Gasteiger partial charge >= 0.3 is 5.97 Å². The Labute approximate surface area is 139 Å². The molecule has 2 rings (SSSR count). The minimum absolute atomic E-state index is 0.253. The summed E-state index contributed by atoms with van der Waals surface area (Å²) in [6.45, 7) is 0.552. The van der Waals surface area contributed by atoms with E-state index in [2.05, 4.69) is 0 Å². The fraction of sp³-hybridized carbons (Fsp3) is 0.278. The maximum Gasteiger partial charge on any atom is 0.333 e. The van der Waals surface area contributed by atoms with E-state index in [0.29, 0.717) is 11.5 Å². The lowest BCUT2D eigenvalue weighted by molar-refractivity contribution is -0.148. The van der Waals surface area contributed by atoms with Crippen LogP contribution in [0.2, 0.25) is 0 Å². The zero-order chi connectivity index (χ0) is 17.4. The van der Waals surface area contributed by atoms with Crippen molar-refractivity contribution >= 4 is 5.97 Å². The van der Waals surface area contributed by atoms with Gasteiger partial charge in [-0.05, 0) is 29.8 Å². The first-order valence-corrected chi connectivity index (χ1v) is 7.44. The van der Waals surface area contributed by atoms with Gasteiger partial charge in [0.2, 0.25) is 0 Å². The van der Waals surface area contributed by atoms with Crippen molar-refractivity contribution in [3.63, 3.8) is 0 Å². The molecule has 2 aromatic carbocycles. The van der Waals surface area contributed by atoms with E-state index < -0.39 is 12.1 Å². The lowest BCUT2D eigenvalue weighted by Crippen LogP contribution is -2.24. The summed E-state index contributed by atoms with van der Waals surface area (Å²) in [5.41, 5.74) is 0.799. The Morgan fingerprint density at radius 3 is 2.29 bits per heavy atom. The average Bonchev–Trinajstić information content (AvgIpc) is 2.57. The van der Waals surface area contributed by atoms with Gasteiger partial charge in [-0.3, -0.25) is 0 Å². The number of hydrogen-bond donors (Lipinski definition) is 1. The third-order valence-corrected chi connectivity index (χ3v) is 3.30. The number of halogens is 1. The molecule has 0 aliphatic carbocycles. The molecule has 1 atom stereocenters. The van der Waals surface area contributed by atoms with Crippen molar-refractivity contribution < 1.29 is 28.5 Å². The summed E-state index contributed by atoms with van der Waals surface area (Å²) >= 11 is 0. The van der Waals surface area contributed by atoms with Crippen LogP contribution in [0.15, 0.2) is 48.5 Å². The van der Waals surface area contributed by atoms with Crippen LogP contribution in [0, 0.1) is 5.82 Å². The number of methoxy groups -OCH3 is 1. The van der Waals surface area contributed by atoms with Crippen molar-refractivity contribution in [2.75, 3.05) is 20.3 Å². The van der Waals surface area contributed by atoms with Crippen LogP contribution >= 0.6 is 0 Å². The second-order valence-corrected chi connectivity index (χ2v) is 5.07. The molecule has 0 saturated heterocycles. The van der Waals surface area contributed by atoms with Crippen LogP contribution < -0.4 is 9.47 Å². The fourth-order valence-electron chi connectivity index (χ4n) is 2.12. The van der Waals surface area contributed by atoms with Gasteiger partial charge in [-0.25, -0.2) is 9.18 Å². The lowest BCUT2D eigenvalue weighted by Gasteiger charge is -2.12. The average molecular weight is 334 g/mol. The van der Waals surface area contributed by atoms with E-state index in [1.807, 2.05) is 6.07 Å². The van der Waals surface area contributed by atoms with Crippen LogP contribution in [0.5, 0.6) is 11.5 Å². The summed E-state index contributed by atoms with van der Waals surface area (Å²) < 4.78 is 28.9. The molecule has 0 aliphatic rings. The van der Waals surface area contributed by atoms with E-state index in [1.165, 1.54) is 19.2 Å². The van der Waals surface area contributed by atoms with Gasteiger partial charge < -0.3 is 19.3 Å². The zero-order valence-corrected chi connectivity index (χ0v) is 13.3. The van der Waals surface area contributed by atoms with Crippen LogP contribution in [-0.4, -0.2) is 37.5 Å². The van der Waals surface area contributed by atoms with Gasteiger partial charge in [0.25, 0.3) is 0 Å². The van der Waals surface area contributed by atoms with Crippen LogP contribution in [0.1, 0.15) is 5.56 Å². The first-order valence-electron chi connectivity index (χ1n) is 7.44. The standard InChI is InChI=1S/C18H19FO5/c1-22-17(18(20)21)11-13-4-2-6-15(10-13)23-8-9-24-16-7-3-5-14(19)12-16/h2-7,10,12,17H,8-9,11H2,1H3,(H,20,21)/t17-/m0/s1. The molecule has 0 saturated carbocycles. The van der Waals surface area contributed by atoms with Crippen molar-refractivity contribution in [2.45, 2.75) is 12.5 Å². The molecule has 0 amide bonds. The van der Waals surface area contributed by atoms with E-state index in [-0.39, 0.29) is 25.5 Å². The molecule has 1 N–H and O–H groups in total. The molecule has 5 nitrogen and oxygen atoms in total. The van der Waals surface area contributed by atoms with E-state index in [0.717, 1.165) is 5.56 Å². The number of carboxylic acid groups (broad SMARTS) is 1. The highest BCUT2D eigenvalue weighted by atomic mass is 19.1. The zero-order valence-electron chi connectivity index (χ0n) is 13.3. The Bertz CT molecular complexity index is 674. The molecule has 0 aromatic heterocycles. The number of carboxylic acids is 1. The Kier molecular flexibility index (Phi) is 6.57. The van der Waals surface area contributed by atoms with E-state index in [1.54, 1.807) is 30.3 Å². The van der Waals surface area contributed by atoms with E-state index in [4.69, 9.17) is 19.3 Å². The molecule has 0 unspecified atom stereocenters. The first kappa shape index (κ1) is 17.7. The van der Waals surface area contributed by atoms with Gasteiger partial charge in [-0.1, -0.05) is 18.2 Å². The van der Waals surface area contributed by atoms with Crippen molar-refractivity contribution in [1.82, 2.24) is 0 Å². The van der Waals surface area contributed by atoms with Crippen LogP contribution in [0.3, 0.4) is 0 Å². The Balaban J connectivity index is 1.82. The van der Waals surface area contributed by atoms with Crippen LogP contribution in [-0.2, 0) is 16.0 Å². The third kappa shape index (κ3) is 5.55. The number of hydrogen-bond acceptors (Lipinski definition) is 4. The smallest absolute Gasteiger partial charge is 0.333 e. The summed E-state index contributed by atoms with van der Waals surface area (Å²) in [6, 6.07) is 13.0. The predicted octanol–water partition coefficient (Wildman–Crippen LogP) is 2.93. The molecule has 0 aliphatic heterocycles. The number of aliphatic carboxylic acids is 1. The summed E-state index contributed by atoms with van der Waals surface area (Å²) in [5, 5.41) is 9.01. The minimum Gasteiger partial charge on any atom is -0.490 e. The molecule has 6 heteroatoms. The van der Waals surface area contributed by atoms with Crippen molar-refractivity contribution in [3.05, 3.63) is 59.9 Å². The van der Waals surface area contributed by atoms with Gasteiger partial charge in [0.15, 0.2) is 6.10 Å². The maximum atomic E-state index is 13.0. The normalized spacial score (nSPS) is 11.8. The number of benzene rings is 2. The molecule has 128 valence electrons. The first-order chi connectivity index (χ1) is 11.6. The van der Waals surface area contributed by atoms with Gasteiger partial charge in [0.1, 0.15) is 30.5 Å². The van der Waals surface area contributed by atoms with E-state index in [9.17, 15) is 9.18 Å². The molecule has 2 aromatic rings. The quantitative estimate of drug-likeness (QED) is 0.714.